The molecule has 0 saturated heterocycles. The predicted octanol–water partition coefficient (Wildman–Crippen LogP) is 6.32. The van der Waals surface area contributed by atoms with E-state index in [4.69, 9.17) is 0 Å². The third-order valence-corrected chi connectivity index (χ3v) is 12.6. The van der Waals surface area contributed by atoms with Gasteiger partial charge in [-0.15, -0.1) is 0 Å². The topological polar surface area (TPSA) is 57.5 Å². The van der Waals surface area contributed by atoms with Gasteiger partial charge in [0.1, 0.15) is 6.10 Å². The monoisotopic (exact) mass is 456 g/mol. The van der Waals surface area contributed by atoms with Crippen LogP contribution in [0.2, 0.25) is 0 Å². The van der Waals surface area contributed by atoms with Crippen LogP contribution in [0.25, 0.3) is 0 Å². The highest BCUT2D eigenvalue weighted by Gasteiger charge is 2.71. The molecular formula is C30H48O3. The van der Waals surface area contributed by atoms with Crippen molar-refractivity contribution in [2.75, 3.05) is 0 Å². The normalized spacial score (nSPS) is 54.9. The summed E-state index contributed by atoms with van der Waals surface area (Å²) in [7, 11) is 0. The fraction of sp³-hybridized carbons (Fsp3) is 0.900. The fourth-order valence-corrected chi connectivity index (χ4v) is 10.7. The van der Waals surface area contributed by atoms with Crippen molar-refractivity contribution >= 4 is 5.78 Å². The van der Waals surface area contributed by atoms with E-state index in [0.717, 1.165) is 38.5 Å². The summed E-state index contributed by atoms with van der Waals surface area (Å²) >= 11 is 0. The first kappa shape index (κ1) is 24.0. The van der Waals surface area contributed by atoms with Crippen molar-refractivity contribution < 1.29 is 15.0 Å². The van der Waals surface area contributed by atoms with Crippen molar-refractivity contribution in [2.24, 2.45) is 50.2 Å². The number of allylic oxidation sites excluding steroid dienone is 2. The van der Waals surface area contributed by atoms with Crippen LogP contribution in [0.5, 0.6) is 0 Å². The van der Waals surface area contributed by atoms with Crippen LogP contribution in [0, 0.1) is 50.2 Å². The summed E-state index contributed by atoms with van der Waals surface area (Å²) in [5.74, 6) is 0.643. The Morgan fingerprint density at radius 1 is 0.848 bits per heavy atom. The molecule has 0 heterocycles. The largest absolute Gasteiger partial charge is 0.393 e. The second-order valence-electron chi connectivity index (χ2n) is 15.3. The zero-order valence-corrected chi connectivity index (χ0v) is 22.4. The van der Waals surface area contributed by atoms with Crippen LogP contribution < -0.4 is 0 Å². The van der Waals surface area contributed by atoms with E-state index >= 15 is 0 Å². The zero-order valence-electron chi connectivity index (χ0n) is 22.4. The molecule has 33 heavy (non-hydrogen) atoms. The molecule has 0 aliphatic heterocycles. The lowest BCUT2D eigenvalue weighted by Crippen LogP contribution is -2.69. The first-order valence-corrected chi connectivity index (χ1v) is 13.7. The van der Waals surface area contributed by atoms with Crippen LogP contribution >= 0.6 is 0 Å². The fourth-order valence-electron chi connectivity index (χ4n) is 10.7. The maximum Gasteiger partial charge on any atom is 0.171 e. The number of fused-ring (bicyclic) bond motifs is 7. The molecule has 0 amide bonds. The Bertz CT molecular complexity index is 900. The van der Waals surface area contributed by atoms with Gasteiger partial charge in [-0.3, -0.25) is 4.79 Å². The molecule has 2 N–H and O–H groups in total. The molecule has 5 rings (SSSR count). The van der Waals surface area contributed by atoms with Crippen LogP contribution in [0.15, 0.2) is 11.6 Å². The van der Waals surface area contributed by atoms with Crippen molar-refractivity contribution in [1.82, 2.24) is 0 Å². The van der Waals surface area contributed by atoms with Gasteiger partial charge in [-0.05, 0) is 97.2 Å². The Morgan fingerprint density at radius 3 is 2.18 bits per heavy atom. The molecule has 0 aromatic carbocycles. The molecule has 0 radical (unpaired) electrons. The minimum Gasteiger partial charge on any atom is -0.393 e. The van der Waals surface area contributed by atoms with Crippen molar-refractivity contribution in [3.63, 3.8) is 0 Å². The van der Waals surface area contributed by atoms with Crippen LogP contribution in [0.1, 0.15) is 107 Å². The van der Waals surface area contributed by atoms with E-state index in [9.17, 15) is 15.0 Å². The number of Topliss-reactive ketones (excluding diaryl/α,β-unsaturated/α-hetero) is 1. The highest BCUT2D eigenvalue weighted by atomic mass is 16.3. The van der Waals surface area contributed by atoms with Gasteiger partial charge in [0.15, 0.2) is 5.78 Å². The molecule has 5 aliphatic rings. The number of aliphatic hydroxyl groups excluding tert-OH is 2. The molecule has 186 valence electrons. The Hall–Kier alpha value is -0.670. The predicted molar refractivity (Wildman–Crippen MR) is 132 cm³/mol. The van der Waals surface area contributed by atoms with Gasteiger partial charge < -0.3 is 10.2 Å². The first-order chi connectivity index (χ1) is 15.0. The van der Waals surface area contributed by atoms with Crippen LogP contribution in [-0.2, 0) is 4.79 Å². The zero-order chi connectivity index (χ0) is 24.4. The minimum atomic E-state index is -0.914. The van der Waals surface area contributed by atoms with E-state index in [1.54, 1.807) is 0 Å². The van der Waals surface area contributed by atoms with Crippen LogP contribution in [0.4, 0.5) is 0 Å². The lowest BCUT2D eigenvalue weighted by Gasteiger charge is -2.70. The summed E-state index contributed by atoms with van der Waals surface area (Å²) in [4.78, 5) is 14.4. The summed E-state index contributed by atoms with van der Waals surface area (Å²) in [6, 6.07) is 0. The van der Waals surface area contributed by atoms with Gasteiger partial charge in [0, 0.05) is 5.92 Å². The van der Waals surface area contributed by atoms with E-state index < -0.39 is 11.5 Å². The van der Waals surface area contributed by atoms with Crippen molar-refractivity contribution in [3.05, 3.63) is 11.6 Å². The molecule has 0 aromatic heterocycles. The first-order valence-electron chi connectivity index (χ1n) is 13.7. The van der Waals surface area contributed by atoms with E-state index in [-0.39, 0.29) is 44.9 Å². The minimum absolute atomic E-state index is 0.0664. The number of rotatable bonds is 0. The highest BCUT2D eigenvalue weighted by Crippen LogP contribution is 2.74. The van der Waals surface area contributed by atoms with Gasteiger partial charge in [0.25, 0.3) is 0 Å². The Morgan fingerprint density at radius 2 is 1.52 bits per heavy atom. The quantitative estimate of drug-likeness (QED) is 0.419. The summed E-state index contributed by atoms with van der Waals surface area (Å²) in [5.41, 5.74) is 0.691. The number of carbonyl (C=O) groups excluding carboxylic acids is 1. The SMILES string of the molecule is CC1(C)CC[C@]2(C)CC=C3[C@@](C)(C(=O)[C@@H](O)[C@@H]4[C@@]5(C)CC[C@H](O)C(C)(C)[C@@H]5CC[C@@]34C)[C@@H]2C1. The molecule has 3 heteroatoms. The highest BCUT2D eigenvalue weighted by molar-refractivity contribution is 5.94. The average molecular weight is 457 g/mol. The number of aliphatic hydroxyl groups is 2. The Balaban J connectivity index is 1.65. The number of hydrogen-bond acceptors (Lipinski definition) is 3. The smallest absolute Gasteiger partial charge is 0.171 e. The molecule has 3 nitrogen and oxygen atoms in total. The molecule has 0 unspecified atom stereocenters. The van der Waals surface area contributed by atoms with E-state index in [0.29, 0.717) is 11.8 Å². The van der Waals surface area contributed by atoms with Crippen molar-refractivity contribution in [1.29, 1.82) is 0 Å². The standard InChI is InChI=1S/C30H48O3/c1-25(2)15-16-27(5)12-9-19-29(7)13-10-18-26(3,4)21(31)11-14-28(18,6)23(29)22(32)24(33)30(19,8)20(27)17-25/h9,18,20-23,31-32H,10-17H2,1-8H3/t18-,20+,21-,22-,23+,27-,28-,29-,30+/m0/s1. The lowest BCUT2D eigenvalue weighted by atomic mass is 9.34. The van der Waals surface area contributed by atoms with Crippen molar-refractivity contribution in [3.8, 4) is 0 Å². The second-order valence-corrected chi connectivity index (χ2v) is 15.3. The molecule has 0 bridgehead atoms. The molecule has 0 spiro atoms. The average Bonchev–Trinajstić information content (AvgIpc) is 2.70. The van der Waals surface area contributed by atoms with E-state index in [1.807, 2.05) is 0 Å². The van der Waals surface area contributed by atoms with Crippen LogP contribution in [-0.4, -0.2) is 28.2 Å². The molecule has 9 atom stereocenters. The summed E-state index contributed by atoms with van der Waals surface area (Å²) in [5, 5.41) is 22.8. The van der Waals surface area contributed by atoms with Gasteiger partial charge in [-0.25, -0.2) is 0 Å². The van der Waals surface area contributed by atoms with Gasteiger partial charge >= 0.3 is 0 Å². The van der Waals surface area contributed by atoms with Crippen LogP contribution in [0.3, 0.4) is 0 Å². The summed E-state index contributed by atoms with van der Waals surface area (Å²) < 4.78 is 0. The molecule has 0 aromatic rings. The molecule has 4 fully saturated rings. The molecule has 5 aliphatic carbocycles. The molecular weight excluding hydrogens is 408 g/mol. The number of carbonyl (C=O) groups is 1. The maximum absolute atomic E-state index is 14.4. The van der Waals surface area contributed by atoms with Crippen molar-refractivity contribution in [2.45, 2.75) is 119 Å². The van der Waals surface area contributed by atoms with E-state index in [1.165, 1.54) is 18.4 Å². The van der Waals surface area contributed by atoms with Gasteiger partial charge in [0.05, 0.1) is 11.5 Å². The Labute approximate surface area is 201 Å². The third-order valence-electron chi connectivity index (χ3n) is 12.6. The van der Waals surface area contributed by atoms with E-state index in [2.05, 4.69) is 61.5 Å². The summed E-state index contributed by atoms with van der Waals surface area (Å²) in [6.45, 7) is 18.5. The second kappa shape index (κ2) is 6.75. The van der Waals surface area contributed by atoms with Gasteiger partial charge in [-0.1, -0.05) is 60.1 Å². The third kappa shape index (κ3) is 2.85. The molecule has 4 saturated carbocycles. The van der Waals surface area contributed by atoms with Gasteiger partial charge in [-0.2, -0.15) is 0 Å². The lowest BCUT2D eigenvalue weighted by molar-refractivity contribution is -0.212. The number of ketones is 1. The Kier molecular flexibility index (Phi) is 4.92. The maximum atomic E-state index is 14.4. The van der Waals surface area contributed by atoms with Gasteiger partial charge in [0.2, 0.25) is 0 Å². The number of hydrogen-bond donors (Lipinski definition) is 2. The summed E-state index contributed by atoms with van der Waals surface area (Å²) in [6.07, 6.45) is 9.49.